The summed E-state index contributed by atoms with van der Waals surface area (Å²) in [5.41, 5.74) is 0.401. The molecule has 134 valence electrons. The Balaban J connectivity index is 1.81. The lowest BCUT2D eigenvalue weighted by Crippen LogP contribution is -2.33. The highest BCUT2D eigenvalue weighted by atomic mass is 32.1. The van der Waals surface area contributed by atoms with Crippen molar-refractivity contribution in [3.63, 3.8) is 0 Å². The Morgan fingerprint density at radius 1 is 1.31 bits per heavy atom. The van der Waals surface area contributed by atoms with Crippen molar-refractivity contribution in [1.82, 2.24) is 14.9 Å². The second-order valence-corrected chi connectivity index (χ2v) is 6.61. The number of benzene rings is 1. The van der Waals surface area contributed by atoms with Gasteiger partial charge in [0.15, 0.2) is 0 Å². The Hall–Kier alpha value is -2.77. The molecule has 3 rings (SSSR count). The van der Waals surface area contributed by atoms with Crippen molar-refractivity contribution < 1.29 is 9.53 Å². The molecule has 26 heavy (non-hydrogen) atoms. The molecular formula is C19H19N3O3S. The van der Waals surface area contributed by atoms with E-state index >= 15 is 0 Å². The summed E-state index contributed by atoms with van der Waals surface area (Å²) >= 11 is 1.56. The number of nitrogens with zero attached hydrogens (tertiary/aromatic N) is 2. The zero-order valence-electron chi connectivity index (χ0n) is 14.3. The van der Waals surface area contributed by atoms with Crippen LogP contribution in [0.4, 0.5) is 0 Å². The summed E-state index contributed by atoms with van der Waals surface area (Å²) in [6.07, 6.45) is 3.31. The number of ether oxygens (including phenoxy) is 1. The lowest BCUT2D eigenvalue weighted by molar-refractivity contribution is -0.127. The van der Waals surface area contributed by atoms with Gasteiger partial charge in [-0.25, -0.2) is 4.98 Å². The first-order valence-electron chi connectivity index (χ1n) is 8.15. The Morgan fingerprint density at radius 3 is 2.92 bits per heavy atom. The zero-order valence-corrected chi connectivity index (χ0v) is 15.2. The fourth-order valence-electron chi connectivity index (χ4n) is 2.50. The number of rotatable bonds is 7. The summed E-state index contributed by atoms with van der Waals surface area (Å²) in [6, 6.07) is 11.0. The standard InChI is InChI=1S/C19H19N3O3S/c1-25-11-10-22(18(23)9-8-14-5-4-12-26-14)13-17-20-16-7-3-2-6-15(16)19(24)21-17/h2-9,12H,10-11,13H2,1H3,(H,20,21,24)/b9-8+. The molecule has 3 aromatic rings. The lowest BCUT2D eigenvalue weighted by Gasteiger charge is -2.20. The molecule has 0 fully saturated rings. The van der Waals surface area contributed by atoms with E-state index in [4.69, 9.17) is 4.74 Å². The van der Waals surface area contributed by atoms with E-state index in [2.05, 4.69) is 9.97 Å². The van der Waals surface area contributed by atoms with E-state index in [9.17, 15) is 9.59 Å². The van der Waals surface area contributed by atoms with E-state index in [1.807, 2.05) is 23.6 Å². The molecule has 1 amide bonds. The number of hydrogen-bond donors (Lipinski definition) is 1. The summed E-state index contributed by atoms with van der Waals surface area (Å²) < 4.78 is 5.10. The van der Waals surface area contributed by atoms with Gasteiger partial charge in [-0.2, -0.15) is 0 Å². The zero-order chi connectivity index (χ0) is 18.4. The SMILES string of the molecule is COCCN(Cc1nc2ccccc2c(=O)[nH]1)C(=O)/C=C/c1cccs1. The number of H-pyrrole nitrogens is 1. The largest absolute Gasteiger partial charge is 0.383 e. The second kappa shape index (κ2) is 8.55. The van der Waals surface area contributed by atoms with Crippen molar-refractivity contribution in [3.05, 3.63) is 68.9 Å². The molecule has 1 N–H and O–H groups in total. The van der Waals surface area contributed by atoms with Gasteiger partial charge < -0.3 is 14.6 Å². The van der Waals surface area contributed by atoms with Crippen LogP contribution in [0.3, 0.4) is 0 Å². The molecule has 0 aliphatic heterocycles. The number of aromatic amines is 1. The summed E-state index contributed by atoms with van der Waals surface area (Å²) in [5, 5.41) is 2.49. The minimum absolute atomic E-state index is 0.161. The molecule has 0 unspecified atom stereocenters. The molecule has 7 heteroatoms. The molecule has 0 radical (unpaired) electrons. The predicted octanol–water partition coefficient (Wildman–Crippen LogP) is 2.67. The quantitative estimate of drug-likeness (QED) is 0.650. The molecule has 0 bridgehead atoms. The number of aromatic nitrogens is 2. The molecular weight excluding hydrogens is 350 g/mol. The third-order valence-corrected chi connectivity index (χ3v) is 4.65. The summed E-state index contributed by atoms with van der Waals surface area (Å²) in [6.45, 7) is 1.01. The van der Waals surface area contributed by atoms with E-state index in [0.29, 0.717) is 29.9 Å². The molecule has 0 aliphatic rings. The van der Waals surface area contributed by atoms with Gasteiger partial charge in [0, 0.05) is 24.6 Å². The molecule has 0 aliphatic carbocycles. The summed E-state index contributed by atoms with van der Waals surface area (Å²) in [5.74, 6) is 0.286. The molecule has 6 nitrogen and oxygen atoms in total. The van der Waals surface area contributed by atoms with Crippen LogP contribution in [0.2, 0.25) is 0 Å². The van der Waals surface area contributed by atoms with Crippen molar-refractivity contribution in [3.8, 4) is 0 Å². The van der Waals surface area contributed by atoms with E-state index in [0.717, 1.165) is 4.88 Å². The number of fused-ring (bicyclic) bond motifs is 1. The van der Waals surface area contributed by atoms with Gasteiger partial charge in [0.25, 0.3) is 5.56 Å². The highest BCUT2D eigenvalue weighted by Gasteiger charge is 2.14. The van der Waals surface area contributed by atoms with Crippen LogP contribution >= 0.6 is 11.3 Å². The molecule has 2 heterocycles. The maximum Gasteiger partial charge on any atom is 0.258 e. The molecule has 0 atom stereocenters. The maximum atomic E-state index is 12.6. The van der Waals surface area contributed by atoms with Crippen molar-refractivity contribution in [1.29, 1.82) is 0 Å². The van der Waals surface area contributed by atoms with Crippen molar-refractivity contribution in [2.24, 2.45) is 0 Å². The van der Waals surface area contributed by atoms with Gasteiger partial charge >= 0.3 is 0 Å². The minimum atomic E-state index is -0.209. The summed E-state index contributed by atoms with van der Waals surface area (Å²) in [7, 11) is 1.58. The number of thiophene rings is 1. The summed E-state index contributed by atoms with van der Waals surface area (Å²) in [4.78, 5) is 34.6. The van der Waals surface area contributed by atoms with E-state index < -0.39 is 0 Å². The third-order valence-electron chi connectivity index (χ3n) is 3.81. The minimum Gasteiger partial charge on any atom is -0.383 e. The molecule has 0 spiro atoms. The van der Waals surface area contributed by atoms with Crippen molar-refractivity contribution in [2.45, 2.75) is 6.54 Å². The van der Waals surface area contributed by atoms with Crippen molar-refractivity contribution >= 4 is 34.2 Å². The van der Waals surface area contributed by atoms with Gasteiger partial charge in [0.2, 0.25) is 5.91 Å². The molecule has 2 aromatic heterocycles. The number of para-hydroxylation sites is 1. The first-order chi connectivity index (χ1) is 12.7. The first-order valence-corrected chi connectivity index (χ1v) is 9.02. The number of carbonyl (C=O) groups is 1. The number of amides is 1. The number of hydrogen-bond acceptors (Lipinski definition) is 5. The smallest absolute Gasteiger partial charge is 0.258 e. The van der Waals surface area contributed by atoms with E-state index in [-0.39, 0.29) is 18.0 Å². The highest BCUT2D eigenvalue weighted by Crippen LogP contribution is 2.11. The van der Waals surface area contributed by atoms with Crippen LogP contribution in [0.25, 0.3) is 17.0 Å². The van der Waals surface area contributed by atoms with Gasteiger partial charge in [-0.1, -0.05) is 18.2 Å². The van der Waals surface area contributed by atoms with Crippen LogP contribution in [0, 0.1) is 0 Å². The molecule has 0 saturated carbocycles. The predicted molar refractivity (Wildman–Crippen MR) is 103 cm³/mol. The van der Waals surface area contributed by atoms with E-state index in [1.54, 1.807) is 47.6 Å². The molecule has 0 saturated heterocycles. The van der Waals surface area contributed by atoms with Gasteiger partial charge in [0.1, 0.15) is 5.82 Å². The van der Waals surface area contributed by atoms with Gasteiger partial charge in [-0.15, -0.1) is 11.3 Å². The Labute approximate surface area is 154 Å². The Bertz CT molecular complexity index is 964. The van der Waals surface area contributed by atoms with Gasteiger partial charge in [-0.3, -0.25) is 9.59 Å². The van der Waals surface area contributed by atoms with Crippen LogP contribution in [-0.4, -0.2) is 41.0 Å². The highest BCUT2D eigenvalue weighted by molar-refractivity contribution is 7.10. The van der Waals surface area contributed by atoms with Crippen LogP contribution in [0.15, 0.2) is 52.6 Å². The Morgan fingerprint density at radius 2 is 2.15 bits per heavy atom. The molecule has 1 aromatic carbocycles. The van der Waals surface area contributed by atoms with E-state index in [1.165, 1.54) is 6.08 Å². The van der Waals surface area contributed by atoms with Crippen LogP contribution in [0.1, 0.15) is 10.7 Å². The average molecular weight is 369 g/mol. The van der Waals surface area contributed by atoms with Crippen LogP contribution < -0.4 is 5.56 Å². The first kappa shape index (κ1) is 18.0. The maximum absolute atomic E-state index is 12.6. The normalized spacial score (nSPS) is 11.3. The number of methoxy groups -OCH3 is 1. The van der Waals surface area contributed by atoms with Gasteiger partial charge in [-0.05, 0) is 29.7 Å². The van der Waals surface area contributed by atoms with Gasteiger partial charge in [0.05, 0.1) is 24.1 Å². The number of carbonyl (C=O) groups excluding carboxylic acids is 1. The fourth-order valence-corrected chi connectivity index (χ4v) is 3.12. The lowest BCUT2D eigenvalue weighted by atomic mass is 10.2. The van der Waals surface area contributed by atoms with Crippen LogP contribution in [0.5, 0.6) is 0 Å². The second-order valence-electron chi connectivity index (χ2n) is 5.63. The third kappa shape index (κ3) is 4.44. The van der Waals surface area contributed by atoms with Crippen molar-refractivity contribution in [2.75, 3.05) is 20.3 Å². The number of nitrogens with one attached hydrogen (secondary N) is 1. The monoisotopic (exact) mass is 369 g/mol. The average Bonchev–Trinajstić information content (AvgIpc) is 3.17. The fraction of sp³-hybridized carbons (Fsp3) is 0.211. The van der Waals surface area contributed by atoms with Crippen LogP contribution in [-0.2, 0) is 16.1 Å². The Kier molecular flexibility index (Phi) is 5.93. The topological polar surface area (TPSA) is 75.3 Å².